The quantitative estimate of drug-likeness (QED) is 0.811. The monoisotopic (exact) mass is 339 g/mol. The summed E-state index contributed by atoms with van der Waals surface area (Å²) < 4.78 is 0. The van der Waals surface area contributed by atoms with Crippen LogP contribution in [0.4, 0.5) is 0 Å². The molecule has 2 aliphatic rings. The third-order valence-electron chi connectivity index (χ3n) is 5.96. The van der Waals surface area contributed by atoms with E-state index in [1.807, 2.05) is 0 Å². The number of carbonyl (C=O) groups excluding carboxylic acids is 1. The molecule has 2 aromatic rings. The van der Waals surface area contributed by atoms with Crippen molar-refractivity contribution in [2.45, 2.75) is 51.0 Å². The van der Waals surface area contributed by atoms with E-state index in [9.17, 15) is 4.79 Å². The molecule has 1 aromatic heterocycles. The number of thiophene rings is 1. The molecular formula is C21H25NOS. The molecule has 0 amide bonds. The fourth-order valence-corrected chi connectivity index (χ4v) is 5.40. The molecule has 0 bridgehead atoms. The fraction of sp³-hybridized carbons (Fsp3) is 0.476. The van der Waals surface area contributed by atoms with Gasteiger partial charge in [-0.1, -0.05) is 24.3 Å². The smallest absolute Gasteiger partial charge is 0.184 e. The van der Waals surface area contributed by atoms with Gasteiger partial charge in [0.15, 0.2) is 5.78 Å². The summed E-state index contributed by atoms with van der Waals surface area (Å²) in [4.78, 5) is 17.1. The van der Waals surface area contributed by atoms with Crippen molar-refractivity contribution < 1.29 is 4.79 Å². The van der Waals surface area contributed by atoms with E-state index in [0.717, 1.165) is 44.3 Å². The van der Waals surface area contributed by atoms with E-state index in [1.54, 1.807) is 11.3 Å². The van der Waals surface area contributed by atoms with Gasteiger partial charge in [0.05, 0.1) is 5.54 Å². The summed E-state index contributed by atoms with van der Waals surface area (Å²) in [6.07, 6.45) is 6.56. The number of Topliss-reactive ketones (excluding diaryl/α,β-unsaturated/α-hetero) is 1. The van der Waals surface area contributed by atoms with E-state index in [0.29, 0.717) is 5.78 Å². The molecular weight excluding hydrogens is 314 g/mol. The lowest BCUT2D eigenvalue weighted by Gasteiger charge is -2.48. The van der Waals surface area contributed by atoms with Gasteiger partial charge in [-0.25, -0.2) is 0 Å². The maximum Gasteiger partial charge on any atom is 0.184 e. The maximum absolute atomic E-state index is 13.3. The minimum atomic E-state index is -0.227. The predicted molar refractivity (Wildman–Crippen MR) is 100 cm³/mol. The van der Waals surface area contributed by atoms with Crippen LogP contribution < -0.4 is 0 Å². The molecule has 24 heavy (non-hydrogen) atoms. The number of hydrogen-bond acceptors (Lipinski definition) is 3. The molecule has 1 saturated heterocycles. The van der Waals surface area contributed by atoms with Crippen molar-refractivity contribution in [2.24, 2.45) is 0 Å². The van der Waals surface area contributed by atoms with E-state index in [1.165, 1.54) is 28.8 Å². The highest BCUT2D eigenvalue weighted by molar-refractivity contribution is 7.10. The van der Waals surface area contributed by atoms with Gasteiger partial charge >= 0.3 is 0 Å². The summed E-state index contributed by atoms with van der Waals surface area (Å²) in [7, 11) is 0. The summed E-state index contributed by atoms with van der Waals surface area (Å²) in [6.45, 7) is 4.25. The number of fused-ring (bicyclic) bond motifs is 1. The normalized spacial score (nSPS) is 24.3. The van der Waals surface area contributed by atoms with Crippen LogP contribution in [0.2, 0.25) is 0 Å². The summed E-state index contributed by atoms with van der Waals surface area (Å²) in [5.41, 5.74) is 3.56. The number of carbonyl (C=O) groups is 1. The largest absolute Gasteiger partial charge is 0.292 e. The Balaban J connectivity index is 1.58. The molecule has 4 rings (SSSR count). The van der Waals surface area contributed by atoms with E-state index in [2.05, 4.69) is 47.5 Å². The van der Waals surface area contributed by atoms with E-state index in [-0.39, 0.29) is 5.54 Å². The standard InChI is InChI=1S/C21H25NOS/c1-16-6-2-3-7-17(16)9-14-22-13-5-4-11-21(22)12-8-19-18(20(21)23)10-15-24-19/h2-3,6-7,10,15H,4-5,8-9,11-14H2,1H3. The topological polar surface area (TPSA) is 20.3 Å². The highest BCUT2D eigenvalue weighted by Crippen LogP contribution is 2.41. The van der Waals surface area contributed by atoms with Crippen LogP contribution in [0.5, 0.6) is 0 Å². The Kier molecular flexibility index (Phi) is 4.31. The van der Waals surface area contributed by atoms with Crippen molar-refractivity contribution in [1.82, 2.24) is 4.90 Å². The highest BCUT2D eigenvalue weighted by Gasteiger charge is 2.48. The molecule has 126 valence electrons. The van der Waals surface area contributed by atoms with Crippen molar-refractivity contribution in [1.29, 1.82) is 0 Å². The number of aryl methyl sites for hydroxylation is 2. The number of nitrogens with zero attached hydrogens (tertiary/aromatic N) is 1. The molecule has 3 heteroatoms. The zero-order valence-electron chi connectivity index (χ0n) is 14.4. The first kappa shape index (κ1) is 16.0. The van der Waals surface area contributed by atoms with Crippen LogP contribution in [-0.2, 0) is 12.8 Å². The Bertz CT molecular complexity index is 750. The summed E-state index contributed by atoms with van der Waals surface area (Å²) >= 11 is 1.75. The van der Waals surface area contributed by atoms with Crippen LogP contribution in [-0.4, -0.2) is 29.3 Å². The van der Waals surface area contributed by atoms with Gasteiger partial charge < -0.3 is 0 Å². The Hall–Kier alpha value is -1.45. The zero-order chi connectivity index (χ0) is 16.6. The van der Waals surface area contributed by atoms with Gasteiger partial charge in [0, 0.05) is 17.0 Å². The van der Waals surface area contributed by atoms with Crippen molar-refractivity contribution in [3.63, 3.8) is 0 Å². The molecule has 1 fully saturated rings. The molecule has 2 nitrogen and oxygen atoms in total. The lowest BCUT2D eigenvalue weighted by atomic mass is 9.73. The van der Waals surface area contributed by atoms with E-state index < -0.39 is 0 Å². The molecule has 1 spiro atoms. The zero-order valence-corrected chi connectivity index (χ0v) is 15.2. The number of likely N-dealkylation sites (tertiary alicyclic amines) is 1. The van der Waals surface area contributed by atoms with Crippen LogP contribution in [0.3, 0.4) is 0 Å². The lowest BCUT2D eigenvalue weighted by molar-refractivity contribution is 0.0301. The third kappa shape index (κ3) is 2.64. The average molecular weight is 340 g/mol. The van der Waals surface area contributed by atoms with Gasteiger partial charge in [-0.05, 0) is 74.6 Å². The lowest BCUT2D eigenvalue weighted by Crippen LogP contribution is -2.59. The molecule has 1 aliphatic carbocycles. The first-order valence-corrected chi connectivity index (χ1v) is 9.99. The third-order valence-corrected chi connectivity index (χ3v) is 6.95. The average Bonchev–Trinajstić information content (AvgIpc) is 3.08. The van der Waals surface area contributed by atoms with Gasteiger partial charge in [-0.2, -0.15) is 0 Å². The summed E-state index contributed by atoms with van der Waals surface area (Å²) in [5, 5.41) is 2.09. The SMILES string of the molecule is Cc1ccccc1CCN1CCCCC12CCc1sccc1C2=O. The number of ketones is 1. The van der Waals surface area contributed by atoms with Crippen LogP contribution >= 0.6 is 11.3 Å². The molecule has 0 radical (unpaired) electrons. The second-order valence-electron chi connectivity index (χ2n) is 7.24. The minimum Gasteiger partial charge on any atom is -0.292 e. The van der Waals surface area contributed by atoms with Gasteiger partial charge in [0.25, 0.3) is 0 Å². The number of piperidine rings is 1. The Morgan fingerprint density at radius 2 is 2.04 bits per heavy atom. The highest BCUT2D eigenvalue weighted by atomic mass is 32.1. The fourth-order valence-electron chi connectivity index (χ4n) is 4.53. The molecule has 1 unspecified atom stereocenters. The predicted octanol–water partition coefficient (Wildman–Crippen LogP) is 4.65. The second kappa shape index (κ2) is 6.45. The molecule has 2 heterocycles. The molecule has 0 N–H and O–H groups in total. The molecule has 1 aromatic carbocycles. The Labute approximate surface area is 148 Å². The van der Waals surface area contributed by atoms with Crippen molar-refractivity contribution in [3.8, 4) is 0 Å². The second-order valence-corrected chi connectivity index (χ2v) is 8.24. The minimum absolute atomic E-state index is 0.227. The van der Waals surface area contributed by atoms with Crippen LogP contribution in [0.25, 0.3) is 0 Å². The molecule has 1 atom stereocenters. The molecule has 1 aliphatic heterocycles. The number of hydrogen-bond donors (Lipinski definition) is 0. The van der Waals surface area contributed by atoms with Crippen LogP contribution in [0.15, 0.2) is 35.7 Å². The first-order chi connectivity index (χ1) is 11.7. The van der Waals surface area contributed by atoms with Gasteiger partial charge in [0.1, 0.15) is 0 Å². The Morgan fingerprint density at radius 1 is 1.17 bits per heavy atom. The Morgan fingerprint density at radius 3 is 2.92 bits per heavy atom. The van der Waals surface area contributed by atoms with E-state index >= 15 is 0 Å². The number of benzene rings is 1. The number of rotatable bonds is 3. The maximum atomic E-state index is 13.3. The van der Waals surface area contributed by atoms with Crippen molar-refractivity contribution >= 4 is 17.1 Å². The summed E-state index contributed by atoms with van der Waals surface area (Å²) in [6, 6.07) is 10.7. The van der Waals surface area contributed by atoms with Crippen molar-refractivity contribution in [3.05, 3.63) is 57.3 Å². The van der Waals surface area contributed by atoms with Gasteiger partial charge in [-0.3, -0.25) is 9.69 Å². The van der Waals surface area contributed by atoms with Crippen molar-refractivity contribution in [2.75, 3.05) is 13.1 Å². The van der Waals surface area contributed by atoms with Crippen LogP contribution in [0, 0.1) is 6.92 Å². The van der Waals surface area contributed by atoms with Gasteiger partial charge in [0.2, 0.25) is 0 Å². The first-order valence-electron chi connectivity index (χ1n) is 9.11. The van der Waals surface area contributed by atoms with Crippen LogP contribution in [0.1, 0.15) is 52.0 Å². The molecule has 0 saturated carbocycles. The van der Waals surface area contributed by atoms with Gasteiger partial charge in [-0.15, -0.1) is 11.3 Å². The summed E-state index contributed by atoms with van der Waals surface area (Å²) in [5.74, 6) is 0.398. The van der Waals surface area contributed by atoms with E-state index in [4.69, 9.17) is 0 Å².